The highest BCUT2D eigenvalue weighted by Crippen LogP contribution is 2.27. The molecule has 0 fully saturated rings. The Morgan fingerprint density at radius 3 is 2.32 bits per heavy atom. The van der Waals surface area contributed by atoms with E-state index in [2.05, 4.69) is 5.32 Å². The van der Waals surface area contributed by atoms with Crippen LogP contribution in [0.1, 0.15) is 18.9 Å². The van der Waals surface area contributed by atoms with Gasteiger partial charge >= 0.3 is 0 Å². The maximum absolute atomic E-state index is 12.3. The van der Waals surface area contributed by atoms with Crippen LogP contribution in [0.2, 0.25) is 0 Å². The van der Waals surface area contributed by atoms with Crippen molar-refractivity contribution >= 4 is 5.91 Å². The van der Waals surface area contributed by atoms with Crippen LogP contribution in [0, 0.1) is 6.92 Å². The van der Waals surface area contributed by atoms with Gasteiger partial charge in [-0.1, -0.05) is 37.3 Å². The molecule has 5 heteroatoms. The number of carbonyl (C=O) groups excluding carboxylic acids is 1. The zero-order valence-electron chi connectivity index (χ0n) is 15.0. The number of amides is 1. The van der Waals surface area contributed by atoms with Crippen molar-refractivity contribution in [2.45, 2.75) is 26.4 Å². The molecule has 0 saturated carbocycles. The van der Waals surface area contributed by atoms with E-state index in [-0.39, 0.29) is 5.91 Å². The number of para-hydroxylation sites is 3. The third-order valence-corrected chi connectivity index (χ3v) is 3.75. The van der Waals surface area contributed by atoms with E-state index in [0.717, 1.165) is 11.3 Å². The predicted molar refractivity (Wildman–Crippen MR) is 97.4 cm³/mol. The fraction of sp³-hybridized carbons (Fsp3) is 0.350. The van der Waals surface area contributed by atoms with Crippen LogP contribution >= 0.6 is 0 Å². The first-order valence-corrected chi connectivity index (χ1v) is 8.41. The van der Waals surface area contributed by atoms with E-state index >= 15 is 0 Å². The number of hydrogen-bond donors (Lipinski definition) is 1. The molecule has 0 spiro atoms. The van der Waals surface area contributed by atoms with Gasteiger partial charge in [-0.2, -0.15) is 0 Å². The smallest absolute Gasteiger partial charge is 0.261 e. The summed E-state index contributed by atoms with van der Waals surface area (Å²) in [6.07, 6.45) is -0.0162. The Hall–Kier alpha value is -2.69. The summed E-state index contributed by atoms with van der Waals surface area (Å²) in [6.45, 7) is 4.71. The summed E-state index contributed by atoms with van der Waals surface area (Å²) in [6, 6.07) is 15.1. The average molecular weight is 343 g/mol. The van der Waals surface area contributed by atoms with Gasteiger partial charge in [0, 0.05) is 0 Å². The maximum atomic E-state index is 12.3. The SMILES string of the molecule is CCC(Oc1ccccc1OC)C(=O)NCCOc1ccccc1C. The molecule has 1 atom stereocenters. The molecule has 0 saturated heterocycles. The van der Waals surface area contributed by atoms with Crippen molar-refractivity contribution in [3.05, 3.63) is 54.1 Å². The number of benzene rings is 2. The summed E-state index contributed by atoms with van der Waals surface area (Å²) in [5.41, 5.74) is 1.07. The van der Waals surface area contributed by atoms with Gasteiger partial charge in [0.15, 0.2) is 17.6 Å². The molecule has 0 aromatic heterocycles. The van der Waals surface area contributed by atoms with Crippen molar-refractivity contribution in [3.8, 4) is 17.2 Å². The minimum Gasteiger partial charge on any atom is -0.493 e. The Morgan fingerprint density at radius 2 is 1.68 bits per heavy atom. The number of nitrogens with one attached hydrogen (secondary N) is 1. The Labute approximate surface area is 148 Å². The number of methoxy groups -OCH3 is 1. The fourth-order valence-electron chi connectivity index (χ4n) is 2.36. The predicted octanol–water partition coefficient (Wildman–Crippen LogP) is 3.36. The lowest BCUT2D eigenvalue weighted by Crippen LogP contribution is -2.39. The van der Waals surface area contributed by atoms with E-state index in [4.69, 9.17) is 14.2 Å². The molecule has 0 aliphatic carbocycles. The summed E-state index contributed by atoms with van der Waals surface area (Å²) >= 11 is 0. The normalized spacial score (nSPS) is 11.5. The van der Waals surface area contributed by atoms with Crippen molar-refractivity contribution in [2.24, 2.45) is 0 Å². The van der Waals surface area contributed by atoms with Crippen LogP contribution in [0.5, 0.6) is 17.2 Å². The first-order chi connectivity index (χ1) is 12.2. The topological polar surface area (TPSA) is 56.8 Å². The molecule has 2 aromatic carbocycles. The molecule has 0 radical (unpaired) electrons. The second-order valence-corrected chi connectivity index (χ2v) is 5.57. The molecule has 134 valence electrons. The van der Waals surface area contributed by atoms with E-state index in [0.29, 0.717) is 31.1 Å². The van der Waals surface area contributed by atoms with E-state index in [1.807, 2.05) is 50.2 Å². The molecule has 5 nitrogen and oxygen atoms in total. The largest absolute Gasteiger partial charge is 0.493 e. The van der Waals surface area contributed by atoms with Gasteiger partial charge in [-0.25, -0.2) is 0 Å². The molecule has 2 aromatic rings. The molecular weight excluding hydrogens is 318 g/mol. The van der Waals surface area contributed by atoms with Gasteiger partial charge in [-0.3, -0.25) is 4.79 Å². The lowest BCUT2D eigenvalue weighted by molar-refractivity contribution is -0.128. The van der Waals surface area contributed by atoms with Gasteiger partial charge in [0.05, 0.1) is 13.7 Å². The van der Waals surface area contributed by atoms with Gasteiger partial charge in [0.1, 0.15) is 12.4 Å². The first kappa shape index (κ1) is 18.6. The standard InChI is InChI=1S/C20H25NO4/c1-4-16(25-19-12-8-7-11-18(19)23-3)20(22)21-13-14-24-17-10-6-5-9-15(17)2/h5-12,16H,4,13-14H2,1-3H3,(H,21,22). The number of ether oxygens (including phenoxy) is 3. The van der Waals surface area contributed by atoms with E-state index < -0.39 is 6.10 Å². The van der Waals surface area contributed by atoms with Crippen LogP contribution in [0.3, 0.4) is 0 Å². The van der Waals surface area contributed by atoms with E-state index in [1.54, 1.807) is 19.2 Å². The highest BCUT2D eigenvalue weighted by atomic mass is 16.5. The van der Waals surface area contributed by atoms with Crippen molar-refractivity contribution in [1.82, 2.24) is 5.32 Å². The summed E-state index contributed by atoms with van der Waals surface area (Å²) in [5, 5.41) is 2.85. The Kier molecular flexibility index (Phi) is 7.14. The summed E-state index contributed by atoms with van der Waals surface area (Å²) < 4.78 is 16.7. The number of aryl methyl sites for hydroxylation is 1. The second-order valence-electron chi connectivity index (χ2n) is 5.57. The van der Waals surface area contributed by atoms with Gasteiger partial charge < -0.3 is 19.5 Å². The molecule has 0 heterocycles. The van der Waals surface area contributed by atoms with Gasteiger partial charge in [-0.05, 0) is 37.1 Å². The molecule has 1 amide bonds. The maximum Gasteiger partial charge on any atom is 0.261 e. The summed E-state index contributed by atoms with van der Waals surface area (Å²) in [5.74, 6) is 1.83. The molecule has 1 unspecified atom stereocenters. The minimum atomic E-state index is -0.574. The highest BCUT2D eigenvalue weighted by Gasteiger charge is 2.19. The number of carbonyl (C=O) groups is 1. The number of hydrogen-bond acceptors (Lipinski definition) is 4. The fourth-order valence-corrected chi connectivity index (χ4v) is 2.36. The molecule has 0 aliphatic heterocycles. The third kappa shape index (κ3) is 5.41. The zero-order valence-corrected chi connectivity index (χ0v) is 15.0. The van der Waals surface area contributed by atoms with Crippen LogP contribution in [0.4, 0.5) is 0 Å². The third-order valence-electron chi connectivity index (χ3n) is 3.75. The summed E-state index contributed by atoms with van der Waals surface area (Å²) in [4.78, 5) is 12.3. The number of rotatable bonds is 9. The van der Waals surface area contributed by atoms with Crippen molar-refractivity contribution < 1.29 is 19.0 Å². The quantitative estimate of drug-likeness (QED) is 0.710. The van der Waals surface area contributed by atoms with Crippen LogP contribution in [0.15, 0.2) is 48.5 Å². The molecule has 0 bridgehead atoms. The summed E-state index contributed by atoms with van der Waals surface area (Å²) in [7, 11) is 1.58. The van der Waals surface area contributed by atoms with Gasteiger partial charge in [-0.15, -0.1) is 0 Å². The molecule has 2 rings (SSSR count). The van der Waals surface area contributed by atoms with Crippen LogP contribution in [0.25, 0.3) is 0 Å². The Morgan fingerprint density at radius 1 is 1.04 bits per heavy atom. The van der Waals surface area contributed by atoms with Gasteiger partial charge in [0.25, 0.3) is 5.91 Å². The lowest BCUT2D eigenvalue weighted by atomic mass is 10.2. The van der Waals surface area contributed by atoms with E-state index in [1.165, 1.54) is 0 Å². The molecular formula is C20H25NO4. The molecule has 1 N–H and O–H groups in total. The monoisotopic (exact) mass is 343 g/mol. The zero-order chi connectivity index (χ0) is 18.1. The van der Waals surface area contributed by atoms with Crippen LogP contribution < -0.4 is 19.5 Å². The first-order valence-electron chi connectivity index (χ1n) is 8.41. The van der Waals surface area contributed by atoms with E-state index in [9.17, 15) is 4.79 Å². The average Bonchev–Trinajstić information content (AvgIpc) is 2.64. The molecule has 0 aliphatic rings. The van der Waals surface area contributed by atoms with Crippen molar-refractivity contribution in [2.75, 3.05) is 20.3 Å². The highest BCUT2D eigenvalue weighted by molar-refractivity contribution is 5.81. The molecule has 25 heavy (non-hydrogen) atoms. The van der Waals surface area contributed by atoms with Crippen LogP contribution in [-0.2, 0) is 4.79 Å². The minimum absolute atomic E-state index is 0.165. The van der Waals surface area contributed by atoms with Crippen molar-refractivity contribution in [3.63, 3.8) is 0 Å². The van der Waals surface area contributed by atoms with Crippen LogP contribution in [-0.4, -0.2) is 32.3 Å². The lowest BCUT2D eigenvalue weighted by Gasteiger charge is -2.19. The van der Waals surface area contributed by atoms with Crippen molar-refractivity contribution in [1.29, 1.82) is 0 Å². The Bertz CT molecular complexity index is 687. The Balaban J connectivity index is 1.82. The van der Waals surface area contributed by atoms with Gasteiger partial charge in [0.2, 0.25) is 0 Å². The second kappa shape index (κ2) is 9.57.